The summed E-state index contributed by atoms with van der Waals surface area (Å²) < 4.78 is 0. The second-order valence-electron chi connectivity index (χ2n) is 3.89. The summed E-state index contributed by atoms with van der Waals surface area (Å²) in [4.78, 5) is 16.0. The maximum Gasteiger partial charge on any atom is 0.259 e. The molecule has 2 aromatic heterocycles. The van der Waals surface area contributed by atoms with Gasteiger partial charge in [0.1, 0.15) is 10.8 Å². The molecule has 0 aliphatic rings. The van der Waals surface area contributed by atoms with E-state index in [1.807, 2.05) is 0 Å². The van der Waals surface area contributed by atoms with Crippen LogP contribution in [0.4, 0.5) is 10.9 Å². The molecule has 0 bridgehead atoms. The van der Waals surface area contributed by atoms with Crippen molar-refractivity contribution in [1.82, 2.24) is 15.2 Å². The zero-order chi connectivity index (χ0) is 13.7. The van der Waals surface area contributed by atoms with E-state index in [9.17, 15) is 4.79 Å². The number of rotatable bonds is 5. The summed E-state index contributed by atoms with van der Waals surface area (Å²) in [5, 5.41) is 15.0. The fourth-order valence-electron chi connectivity index (χ4n) is 1.46. The quantitative estimate of drug-likeness (QED) is 0.875. The predicted molar refractivity (Wildman–Crippen MR) is 75.6 cm³/mol. The Hall–Kier alpha value is -2.02. The van der Waals surface area contributed by atoms with Gasteiger partial charge in [-0.1, -0.05) is 18.3 Å². The molecular weight excluding hydrogens is 262 g/mol. The maximum absolute atomic E-state index is 11.9. The summed E-state index contributed by atoms with van der Waals surface area (Å²) in [6, 6.07) is 3.46. The number of hydrogen-bond acceptors (Lipinski definition) is 6. The van der Waals surface area contributed by atoms with E-state index in [0.717, 1.165) is 23.7 Å². The summed E-state index contributed by atoms with van der Waals surface area (Å²) in [7, 11) is 1.78. The van der Waals surface area contributed by atoms with Crippen molar-refractivity contribution in [2.75, 3.05) is 17.7 Å². The molecule has 1 amide bonds. The largest absolute Gasteiger partial charge is 0.373 e. The van der Waals surface area contributed by atoms with Gasteiger partial charge in [-0.3, -0.25) is 10.1 Å². The first-order valence-corrected chi connectivity index (χ1v) is 6.82. The van der Waals surface area contributed by atoms with E-state index < -0.39 is 0 Å². The van der Waals surface area contributed by atoms with Crippen LogP contribution in [0.2, 0.25) is 0 Å². The molecule has 2 N–H and O–H groups in total. The average molecular weight is 277 g/mol. The number of carbonyl (C=O) groups excluding carboxylic acids is 1. The molecule has 0 unspecified atom stereocenters. The normalized spacial score (nSPS) is 10.2. The first-order valence-electron chi connectivity index (χ1n) is 6.00. The molecular formula is C12H15N5OS. The van der Waals surface area contributed by atoms with Crippen LogP contribution in [0.5, 0.6) is 0 Å². The Balaban J connectivity index is 2.02. The SMILES string of the molecule is CCCc1nnc(NC(=O)c2ccc(NC)nc2)s1. The molecule has 2 heterocycles. The van der Waals surface area contributed by atoms with E-state index in [4.69, 9.17) is 0 Å². The van der Waals surface area contributed by atoms with E-state index in [0.29, 0.717) is 10.7 Å². The van der Waals surface area contributed by atoms with Gasteiger partial charge in [-0.2, -0.15) is 0 Å². The van der Waals surface area contributed by atoms with Gasteiger partial charge in [-0.25, -0.2) is 4.98 Å². The van der Waals surface area contributed by atoms with Crippen LogP contribution in [-0.2, 0) is 6.42 Å². The van der Waals surface area contributed by atoms with Crippen LogP contribution >= 0.6 is 11.3 Å². The highest BCUT2D eigenvalue weighted by atomic mass is 32.1. The highest BCUT2D eigenvalue weighted by molar-refractivity contribution is 7.15. The molecule has 0 aromatic carbocycles. The molecule has 6 nitrogen and oxygen atoms in total. The Labute approximate surface area is 115 Å². The number of pyridine rings is 1. The van der Waals surface area contributed by atoms with Crippen molar-refractivity contribution in [2.45, 2.75) is 19.8 Å². The molecule has 0 spiro atoms. The third kappa shape index (κ3) is 3.47. The van der Waals surface area contributed by atoms with Crippen LogP contribution in [-0.4, -0.2) is 28.1 Å². The highest BCUT2D eigenvalue weighted by Crippen LogP contribution is 2.17. The van der Waals surface area contributed by atoms with E-state index in [1.54, 1.807) is 19.2 Å². The fraction of sp³-hybridized carbons (Fsp3) is 0.333. The maximum atomic E-state index is 11.9. The molecule has 0 saturated carbocycles. The van der Waals surface area contributed by atoms with Crippen molar-refractivity contribution < 1.29 is 4.79 Å². The lowest BCUT2D eigenvalue weighted by Crippen LogP contribution is -2.12. The monoisotopic (exact) mass is 277 g/mol. The summed E-state index contributed by atoms with van der Waals surface area (Å²) in [5.74, 6) is 0.493. The molecule has 0 atom stereocenters. The first-order chi connectivity index (χ1) is 9.22. The summed E-state index contributed by atoms with van der Waals surface area (Å²) in [6.07, 6.45) is 3.42. The average Bonchev–Trinajstić information content (AvgIpc) is 2.86. The number of aryl methyl sites for hydroxylation is 1. The Bertz CT molecular complexity index is 552. The summed E-state index contributed by atoms with van der Waals surface area (Å²) in [6.45, 7) is 2.08. The molecule has 19 heavy (non-hydrogen) atoms. The number of hydrogen-bond donors (Lipinski definition) is 2. The van der Waals surface area contributed by atoms with Gasteiger partial charge >= 0.3 is 0 Å². The minimum Gasteiger partial charge on any atom is -0.373 e. The van der Waals surface area contributed by atoms with Crippen LogP contribution in [0.1, 0.15) is 28.7 Å². The molecule has 0 radical (unpaired) electrons. The molecule has 0 aliphatic heterocycles. The third-order valence-electron chi connectivity index (χ3n) is 2.43. The molecule has 0 aliphatic carbocycles. The first kappa shape index (κ1) is 13.4. The van der Waals surface area contributed by atoms with Crippen molar-refractivity contribution in [1.29, 1.82) is 0 Å². The van der Waals surface area contributed by atoms with E-state index in [2.05, 4.69) is 32.7 Å². The van der Waals surface area contributed by atoms with Gasteiger partial charge in [0.05, 0.1) is 5.56 Å². The van der Waals surface area contributed by atoms with E-state index in [-0.39, 0.29) is 5.91 Å². The second kappa shape index (κ2) is 6.24. The summed E-state index contributed by atoms with van der Waals surface area (Å²) >= 11 is 1.40. The Morgan fingerprint density at radius 2 is 2.21 bits per heavy atom. The minimum absolute atomic E-state index is 0.227. The van der Waals surface area contributed by atoms with Crippen molar-refractivity contribution in [3.05, 3.63) is 28.9 Å². The van der Waals surface area contributed by atoms with Gasteiger partial charge in [-0.15, -0.1) is 10.2 Å². The number of carbonyl (C=O) groups is 1. The fourth-order valence-corrected chi connectivity index (χ4v) is 2.30. The van der Waals surface area contributed by atoms with E-state index in [1.165, 1.54) is 17.5 Å². The zero-order valence-electron chi connectivity index (χ0n) is 10.8. The second-order valence-corrected chi connectivity index (χ2v) is 4.95. The molecule has 100 valence electrons. The van der Waals surface area contributed by atoms with Crippen molar-refractivity contribution >= 4 is 28.2 Å². The molecule has 2 rings (SSSR count). The van der Waals surface area contributed by atoms with Gasteiger partial charge in [-0.05, 0) is 18.6 Å². The number of aromatic nitrogens is 3. The van der Waals surface area contributed by atoms with Crippen LogP contribution in [0.3, 0.4) is 0 Å². The number of nitrogens with zero attached hydrogens (tertiary/aromatic N) is 3. The number of anilines is 2. The van der Waals surface area contributed by atoms with Gasteiger partial charge in [0.2, 0.25) is 5.13 Å². The number of nitrogens with one attached hydrogen (secondary N) is 2. The van der Waals surface area contributed by atoms with Crippen LogP contribution in [0, 0.1) is 0 Å². The lowest BCUT2D eigenvalue weighted by Gasteiger charge is -2.02. The predicted octanol–water partition coefficient (Wildman–Crippen LogP) is 2.18. The molecule has 2 aromatic rings. The molecule has 0 saturated heterocycles. The third-order valence-corrected chi connectivity index (χ3v) is 3.33. The molecule has 0 fully saturated rings. The van der Waals surface area contributed by atoms with Crippen LogP contribution in [0.25, 0.3) is 0 Å². The zero-order valence-corrected chi connectivity index (χ0v) is 11.6. The summed E-state index contributed by atoms with van der Waals surface area (Å²) in [5.41, 5.74) is 0.492. The van der Waals surface area contributed by atoms with Gasteiger partial charge in [0.25, 0.3) is 5.91 Å². The topological polar surface area (TPSA) is 79.8 Å². The van der Waals surface area contributed by atoms with Crippen LogP contribution < -0.4 is 10.6 Å². The lowest BCUT2D eigenvalue weighted by atomic mass is 10.2. The Kier molecular flexibility index (Phi) is 4.40. The highest BCUT2D eigenvalue weighted by Gasteiger charge is 2.10. The van der Waals surface area contributed by atoms with E-state index >= 15 is 0 Å². The van der Waals surface area contributed by atoms with Crippen molar-refractivity contribution in [2.24, 2.45) is 0 Å². The van der Waals surface area contributed by atoms with Crippen molar-refractivity contribution in [3.8, 4) is 0 Å². The van der Waals surface area contributed by atoms with Crippen LogP contribution in [0.15, 0.2) is 18.3 Å². The minimum atomic E-state index is -0.227. The van der Waals surface area contributed by atoms with Gasteiger partial charge in [0.15, 0.2) is 0 Å². The van der Waals surface area contributed by atoms with Crippen molar-refractivity contribution in [3.63, 3.8) is 0 Å². The molecule has 7 heteroatoms. The standard InChI is InChI=1S/C12H15N5OS/c1-3-4-10-16-17-12(19-10)15-11(18)8-5-6-9(13-2)14-7-8/h5-7H,3-4H2,1-2H3,(H,13,14)(H,15,17,18). The van der Waals surface area contributed by atoms with Gasteiger partial charge < -0.3 is 5.32 Å². The number of amides is 1. The Morgan fingerprint density at radius 3 is 2.84 bits per heavy atom. The smallest absolute Gasteiger partial charge is 0.259 e. The Morgan fingerprint density at radius 1 is 1.37 bits per heavy atom. The van der Waals surface area contributed by atoms with Gasteiger partial charge in [0, 0.05) is 19.7 Å². The lowest BCUT2D eigenvalue weighted by molar-refractivity contribution is 0.102.